The average Bonchev–Trinajstić information content (AvgIpc) is 2.76. The van der Waals surface area contributed by atoms with Gasteiger partial charge in [-0.1, -0.05) is 0 Å². The molecular weight excluding hydrogens is 459 g/mol. The third-order valence-electron chi connectivity index (χ3n) is 7.34. The second-order valence-electron chi connectivity index (χ2n) is 10.4. The first-order chi connectivity index (χ1) is 15.0. The zero-order chi connectivity index (χ0) is 23.1. The van der Waals surface area contributed by atoms with Crippen molar-refractivity contribution in [2.75, 3.05) is 24.6 Å². The van der Waals surface area contributed by atoms with Crippen LogP contribution in [0, 0.1) is 0 Å². The minimum atomic E-state index is -1.77. The van der Waals surface area contributed by atoms with Crippen molar-refractivity contribution < 1.29 is 0 Å². The van der Waals surface area contributed by atoms with Gasteiger partial charge in [-0.25, -0.2) is 0 Å². The van der Waals surface area contributed by atoms with Crippen LogP contribution in [-0.2, 0) is 0 Å². The predicted molar refractivity (Wildman–Crippen MR) is 155 cm³/mol. The second kappa shape index (κ2) is 21.2. The summed E-state index contributed by atoms with van der Waals surface area (Å²) in [6, 6.07) is 0. The topological polar surface area (TPSA) is 0 Å². The Balaban J connectivity index is 4.91. The van der Waals surface area contributed by atoms with Gasteiger partial charge >= 0.3 is 207 Å². The SMILES string of the molecule is C=CCCCP(Br)(CCCCCCCC)(CCCCCCCC)CCCCCCCC. The molecule has 0 saturated carbocycles. The average molecular weight is 520 g/mol. The Morgan fingerprint density at radius 1 is 0.484 bits per heavy atom. The standard InChI is InChI=1S/C29H60BrP/c1-5-9-13-16-19-23-27-31(30,26-22-12-8-4,28-24-20-17-14-10-6-2)29-25-21-18-15-11-7-3/h8H,4-7,9-29H2,1-3H3. The summed E-state index contributed by atoms with van der Waals surface area (Å²) in [5.74, 6) is 0. The van der Waals surface area contributed by atoms with E-state index in [0.717, 1.165) is 0 Å². The van der Waals surface area contributed by atoms with Gasteiger partial charge < -0.3 is 0 Å². The number of hydrogen-bond acceptors (Lipinski definition) is 0. The van der Waals surface area contributed by atoms with Crippen LogP contribution in [0.4, 0.5) is 0 Å². The summed E-state index contributed by atoms with van der Waals surface area (Å²) in [6.07, 6.45) is 36.5. The van der Waals surface area contributed by atoms with Crippen molar-refractivity contribution in [3.63, 3.8) is 0 Å². The van der Waals surface area contributed by atoms with Crippen molar-refractivity contribution in [3.05, 3.63) is 12.7 Å². The summed E-state index contributed by atoms with van der Waals surface area (Å²) >= 11 is 4.67. The molecule has 0 rings (SSSR count). The van der Waals surface area contributed by atoms with Gasteiger partial charge in [0.1, 0.15) is 0 Å². The van der Waals surface area contributed by atoms with Crippen molar-refractivity contribution in [2.45, 2.75) is 149 Å². The molecular formula is C29H60BrP. The Morgan fingerprint density at radius 3 is 1.10 bits per heavy atom. The Morgan fingerprint density at radius 2 is 0.774 bits per heavy atom. The summed E-state index contributed by atoms with van der Waals surface area (Å²) in [4.78, 5) is 0. The molecule has 0 aliphatic carbocycles. The summed E-state index contributed by atoms with van der Waals surface area (Å²) in [5.41, 5.74) is 0. The monoisotopic (exact) mass is 518 g/mol. The molecule has 0 N–H and O–H groups in total. The second-order valence-corrected chi connectivity index (χ2v) is 21.9. The zero-order valence-electron chi connectivity index (χ0n) is 22.1. The van der Waals surface area contributed by atoms with E-state index in [4.69, 9.17) is 0 Å². The van der Waals surface area contributed by atoms with Crippen molar-refractivity contribution in [2.24, 2.45) is 0 Å². The van der Waals surface area contributed by atoms with Gasteiger partial charge in [0.25, 0.3) is 0 Å². The first-order valence-corrected chi connectivity index (χ1v) is 19.4. The van der Waals surface area contributed by atoms with E-state index in [1.54, 1.807) is 0 Å². The fourth-order valence-corrected chi connectivity index (χ4v) is 13.5. The van der Waals surface area contributed by atoms with Gasteiger partial charge in [0.15, 0.2) is 0 Å². The van der Waals surface area contributed by atoms with E-state index in [0.29, 0.717) is 0 Å². The molecule has 0 heterocycles. The molecule has 0 aliphatic heterocycles. The van der Waals surface area contributed by atoms with Crippen LogP contribution in [0.15, 0.2) is 12.7 Å². The molecule has 0 aromatic heterocycles. The Bertz CT molecular complexity index is 349. The van der Waals surface area contributed by atoms with Gasteiger partial charge in [-0.05, 0) is 0 Å². The van der Waals surface area contributed by atoms with Gasteiger partial charge in [-0.2, -0.15) is 0 Å². The number of rotatable bonds is 25. The number of allylic oxidation sites excluding steroid dienone is 1. The van der Waals surface area contributed by atoms with Crippen LogP contribution in [0.25, 0.3) is 0 Å². The first kappa shape index (κ1) is 31.6. The molecule has 0 aliphatic rings. The van der Waals surface area contributed by atoms with E-state index in [-0.39, 0.29) is 0 Å². The third-order valence-corrected chi connectivity index (χ3v) is 17.3. The van der Waals surface area contributed by atoms with Crippen molar-refractivity contribution in [1.82, 2.24) is 0 Å². The fourth-order valence-electron chi connectivity index (χ4n) is 5.16. The minimum absolute atomic E-state index is 1.20. The van der Waals surface area contributed by atoms with Crippen LogP contribution >= 0.6 is 20.8 Å². The van der Waals surface area contributed by atoms with Crippen molar-refractivity contribution >= 4 is 20.8 Å². The van der Waals surface area contributed by atoms with E-state index in [1.165, 1.54) is 153 Å². The van der Waals surface area contributed by atoms with Gasteiger partial charge in [0, 0.05) is 0 Å². The molecule has 0 saturated heterocycles. The summed E-state index contributed by atoms with van der Waals surface area (Å²) in [5, 5.41) is -1.77. The Hall–Kier alpha value is 0.650. The Kier molecular flexibility index (Phi) is 21.6. The molecule has 0 radical (unpaired) electrons. The summed E-state index contributed by atoms with van der Waals surface area (Å²) in [6.45, 7) is 11.0. The molecule has 188 valence electrons. The van der Waals surface area contributed by atoms with Crippen LogP contribution < -0.4 is 0 Å². The zero-order valence-corrected chi connectivity index (χ0v) is 24.6. The van der Waals surface area contributed by atoms with E-state index >= 15 is 0 Å². The third kappa shape index (κ3) is 17.7. The van der Waals surface area contributed by atoms with E-state index in [9.17, 15) is 0 Å². The molecule has 0 spiro atoms. The molecule has 0 bridgehead atoms. The predicted octanol–water partition coefficient (Wildman–Crippen LogP) is 11.9. The molecule has 31 heavy (non-hydrogen) atoms. The van der Waals surface area contributed by atoms with E-state index in [2.05, 4.69) is 48.9 Å². The number of hydrogen-bond donors (Lipinski definition) is 0. The maximum absolute atomic E-state index is 4.67. The summed E-state index contributed by atoms with van der Waals surface area (Å²) < 4.78 is 0. The summed E-state index contributed by atoms with van der Waals surface area (Å²) in [7, 11) is 0. The molecule has 0 atom stereocenters. The molecule has 2 heteroatoms. The molecule has 0 nitrogen and oxygen atoms in total. The van der Waals surface area contributed by atoms with Crippen LogP contribution in [0.2, 0.25) is 0 Å². The first-order valence-electron chi connectivity index (χ1n) is 14.4. The normalized spacial score (nSPS) is 13.2. The molecule has 0 aromatic rings. The van der Waals surface area contributed by atoms with Gasteiger partial charge in [-0.15, -0.1) is 0 Å². The van der Waals surface area contributed by atoms with E-state index in [1.807, 2.05) is 0 Å². The van der Waals surface area contributed by atoms with Crippen molar-refractivity contribution in [3.8, 4) is 0 Å². The van der Waals surface area contributed by atoms with Gasteiger partial charge in [0.2, 0.25) is 0 Å². The van der Waals surface area contributed by atoms with Crippen LogP contribution in [0.3, 0.4) is 0 Å². The van der Waals surface area contributed by atoms with Crippen molar-refractivity contribution in [1.29, 1.82) is 0 Å². The molecule has 0 amide bonds. The molecule has 0 fully saturated rings. The maximum atomic E-state index is 4.67. The van der Waals surface area contributed by atoms with Crippen LogP contribution in [0.1, 0.15) is 149 Å². The van der Waals surface area contributed by atoms with E-state index < -0.39 is 5.31 Å². The van der Waals surface area contributed by atoms with Gasteiger partial charge in [0.05, 0.1) is 0 Å². The Labute approximate surface area is 206 Å². The fraction of sp³-hybridized carbons (Fsp3) is 0.931. The van der Waals surface area contributed by atoms with Gasteiger partial charge in [-0.3, -0.25) is 0 Å². The quantitative estimate of drug-likeness (QED) is 0.0639. The molecule has 0 aromatic carbocycles. The molecule has 0 unspecified atom stereocenters. The number of unbranched alkanes of at least 4 members (excludes halogenated alkanes) is 16. The van der Waals surface area contributed by atoms with Crippen LogP contribution in [0.5, 0.6) is 0 Å². The van der Waals surface area contributed by atoms with Crippen LogP contribution in [-0.4, -0.2) is 24.6 Å². The number of halogens is 1.